The summed E-state index contributed by atoms with van der Waals surface area (Å²) in [4.78, 5) is 21.9. The molecule has 1 amide bonds. The number of anilines is 3. The first-order valence-electron chi connectivity index (χ1n) is 10.5. The van der Waals surface area contributed by atoms with E-state index in [4.69, 9.17) is 28.2 Å². The Morgan fingerprint density at radius 3 is 2.12 bits per heavy atom. The molecule has 5 rings (SSSR count). The number of carbonyl (C=O) groups excluding carboxylic acids is 1. The number of hydrogen-bond donors (Lipinski definition) is 2. The van der Waals surface area contributed by atoms with Gasteiger partial charge in [0.2, 0.25) is 5.95 Å². The first-order chi connectivity index (χ1) is 16.5. The molecule has 0 spiro atoms. The van der Waals surface area contributed by atoms with E-state index < -0.39 is 0 Å². The highest BCUT2D eigenvalue weighted by atomic mass is 35.5. The minimum Gasteiger partial charge on any atom is -0.324 e. The third kappa shape index (κ3) is 4.86. The molecule has 5 aromatic rings. The molecule has 1 heterocycles. The molecule has 0 radical (unpaired) electrons. The molecule has 0 saturated carbocycles. The van der Waals surface area contributed by atoms with Crippen LogP contribution in [0.2, 0.25) is 10.0 Å². The van der Waals surface area contributed by atoms with Crippen molar-refractivity contribution in [2.24, 2.45) is 0 Å². The molecule has 0 unspecified atom stereocenters. The van der Waals surface area contributed by atoms with Gasteiger partial charge in [-0.2, -0.15) is 0 Å². The first kappa shape index (κ1) is 21.9. The monoisotopic (exact) mass is 484 g/mol. The van der Waals surface area contributed by atoms with Gasteiger partial charge in [0, 0.05) is 37.9 Å². The predicted octanol–water partition coefficient (Wildman–Crippen LogP) is 7.60. The van der Waals surface area contributed by atoms with E-state index in [1.807, 2.05) is 60.7 Å². The number of amides is 1. The van der Waals surface area contributed by atoms with Crippen molar-refractivity contribution in [3.05, 3.63) is 113 Å². The Bertz CT molecular complexity index is 1470. The molecule has 0 atom stereocenters. The SMILES string of the molecule is O=C(Nc1ccc(Cl)cc1)c1ccc(Nc2nc(-c3ccccc3)c3cc(Cl)ccc3n2)cc1. The van der Waals surface area contributed by atoms with Crippen LogP contribution in [0.5, 0.6) is 0 Å². The zero-order chi connectivity index (χ0) is 23.5. The van der Waals surface area contributed by atoms with Crippen LogP contribution in [0.4, 0.5) is 17.3 Å². The number of benzene rings is 4. The molecule has 166 valence electrons. The quantitative estimate of drug-likeness (QED) is 0.269. The topological polar surface area (TPSA) is 66.9 Å². The van der Waals surface area contributed by atoms with E-state index in [1.165, 1.54) is 0 Å². The number of nitrogens with one attached hydrogen (secondary N) is 2. The summed E-state index contributed by atoms with van der Waals surface area (Å²) in [7, 11) is 0. The van der Waals surface area contributed by atoms with Crippen molar-refractivity contribution >= 4 is 57.3 Å². The van der Waals surface area contributed by atoms with Gasteiger partial charge >= 0.3 is 0 Å². The maximum Gasteiger partial charge on any atom is 0.255 e. The standard InChI is InChI=1S/C27H18Cl2N4O/c28-19-8-13-21(14-9-19)30-26(34)18-6-11-22(12-7-18)31-27-32-24-15-10-20(29)16-23(24)25(33-27)17-4-2-1-3-5-17/h1-16H,(H,30,34)(H,31,32,33). The lowest BCUT2D eigenvalue weighted by molar-refractivity contribution is 0.102. The minimum absolute atomic E-state index is 0.209. The summed E-state index contributed by atoms with van der Waals surface area (Å²) in [5.74, 6) is 0.242. The van der Waals surface area contributed by atoms with Gasteiger partial charge in [-0.05, 0) is 66.7 Å². The highest BCUT2D eigenvalue weighted by Crippen LogP contribution is 2.30. The van der Waals surface area contributed by atoms with Gasteiger partial charge in [-0.1, -0.05) is 53.5 Å². The van der Waals surface area contributed by atoms with E-state index >= 15 is 0 Å². The fourth-order valence-electron chi connectivity index (χ4n) is 3.54. The van der Waals surface area contributed by atoms with Crippen molar-refractivity contribution in [2.45, 2.75) is 0 Å². The molecule has 0 bridgehead atoms. The summed E-state index contributed by atoms with van der Waals surface area (Å²) in [6.07, 6.45) is 0. The lowest BCUT2D eigenvalue weighted by Crippen LogP contribution is -2.11. The van der Waals surface area contributed by atoms with Crippen molar-refractivity contribution in [3.63, 3.8) is 0 Å². The Morgan fingerprint density at radius 1 is 0.706 bits per heavy atom. The van der Waals surface area contributed by atoms with E-state index in [1.54, 1.807) is 36.4 Å². The van der Waals surface area contributed by atoms with E-state index in [0.29, 0.717) is 27.2 Å². The molecule has 0 aliphatic heterocycles. The van der Waals surface area contributed by atoms with Gasteiger partial charge in [0.25, 0.3) is 5.91 Å². The van der Waals surface area contributed by atoms with Crippen molar-refractivity contribution in [1.29, 1.82) is 0 Å². The fraction of sp³-hybridized carbons (Fsp3) is 0. The molecule has 0 aliphatic rings. The van der Waals surface area contributed by atoms with Crippen molar-refractivity contribution in [3.8, 4) is 11.3 Å². The molecular weight excluding hydrogens is 467 g/mol. The van der Waals surface area contributed by atoms with E-state index in [-0.39, 0.29) is 5.91 Å². The summed E-state index contributed by atoms with van der Waals surface area (Å²) in [5.41, 5.74) is 4.49. The third-order valence-corrected chi connectivity index (χ3v) is 5.70. The lowest BCUT2D eigenvalue weighted by atomic mass is 10.1. The third-order valence-electron chi connectivity index (χ3n) is 5.21. The smallest absolute Gasteiger partial charge is 0.255 e. The van der Waals surface area contributed by atoms with Crippen molar-refractivity contribution in [1.82, 2.24) is 9.97 Å². The van der Waals surface area contributed by atoms with Gasteiger partial charge in [0.15, 0.2) is 0 Å². The van der Waals surface area contributed by atoms with Crippen LogP contribution in [0.15, 0.2) is 97.1 Å². The molecular formula is C27H18Cl2N4O. The van der Waals surface area contributed by atoms with Gasteiger partial charge in [0.1, 0.15) is 0 Å². The number of rotatable bonds is 5. The number of aromatic nitrogens is 2. The number of fused-ring (bicyclic) bond motifs is 1. The average molecular weight is 485 g/mol. The lowest BCUT2D eigenvalue weighted by Gasteiger charge is -2.11. The van der Waals surface area contributed by atoms with Gasteiger partial charge in [-0.3, -0.25) is 4.79 Å². The number of halogens is 2. The highest BCUT2D eigenvalue weighted by molar-refractivity contribution is 6.31. The normalized spacial score (nSPS) is 10.8. The predicted molar refractivity (Wildman–Crippen MR) is 139 cm³/mol. The van der Waals surface area contributed by atoms with Crippen molar-refractivity contribution in [2.75, 3.05) is 10.6 Å². The maximum atomic E-state index is 12.5. The van der Waals surface area contributed by atoms with Crippen LogP contribution in [0.3, 0.4) is 0 Å². The molecule has 5 nitrogen and oxygen atoms in total. The van der Waals surface area contributed by atoms with Gasteiger partial charge in [-0.15, -0.1) is 0 Å². The summed E-state index contributed by atoms with van der Waals surface area (Å²) >= 11 is 12.1. The average Bonchev–Trinajstić information content (AvgIpc) is 2.86. The molecule has 1 aromatic heterocycles. The number of hydrogen-bond acceptors (Lipinski definition) is 4. The first-order valence-corrected chi connectivity index (χ1v) is 11.3. The van der Waals surface area contributed by atoms with Gasteiger partial charge in [-0.25, -0.2) is 9.97 Å². The molecule has 34 heavy (non-hydrogen) atoms. The van der Waals surface area contributed by atoms with Gasteiger partial charge in [0.05, 0.1) is 11.2 Å². The minimum atomic E-state index is -0.209. The van der Waals surface area contributed by atoms with Crippen LogP contribution in [-0.2, 0) is 0 Å². The van der Waals surface area contributed by atoms with E-state index in [9.17, 15) is 4.79 Å². The fourth-order valence-corrected chi connectivity index (χ4v) is 3.84. The Labute approximate surface area is 206 Å². The van der Waals surface area contributed by atoms with Crippen LogP contribution < -0.4 is 10.6 Å². The number of nitrogens with zero attached hydrogens (tertiary/aromatic N) is 2. The zero-order valence-electron chi connectivity index (χ0n) is 17.8. The number of carbonyl (C=O) groups is 1. The second-order valence-electron chi connectivity index (χ2n) is 7.59. The van der Waals surface area contributed by atoms with Crippen LogP contribution in [0.25, 0.3) is 22.2 Å². The molecule has 0 aliphatic carbocycles. The highest BCUT2D eigenvalue weighted by Gasteiger charge is 2.12. The second-order valence-corrected chi connectivity index (χ2v) is 8.46. The molecule has 2 N–H and O–H groups in total. The van der Waals surface area contributed by atoms with E-state index in [2.05, 4.69) is 15.6 Å². The summed E-state index contributed by atoms with van der Waals surface area (Å²) in [6, 6.07) is 29.5. The second kappa shape index (κ2) is 9.51. The Hall–Kier alpha value is -3.93. The van der Waals surface area contributed by atoms with Crippen LogP contribution in [0, 0.1) is 0 Å². The molecule has 7 heteroatoms. The Kier molecular flexibility index (Phi) is 6.12. The summed E-state index contributed by atoms with van der Waals surface area (Å²) < 4.78 is 0. The summed E-state index contributed by atoms with van der Waals surface area (Å²) in [6.45, 7) is 0. The van der Waals surface area contributed by atoms with E-state index in [0.717, 1.165) is 27.8 Å². The van der Waals surface area contributed by atoms with Crippen LogP contribution in [-0.4, -0.2) is 15.9 Å². The zero-order valence-corrected chi connectivity index (χ0v) is 19.3. The molecule has 0 fully saturated rings. The van der Waals surface area contributed by atoms with Crippen LogP contribution >= 0.6 is 23.2 Å². The van der Waals surface area contributed by atoms with Gasteiger partial charge < -0.3 is 10.6 Å². The van der Waals surface area contributed by atoms with Crippen LogP contribution in [0.1, 0.15) is 10.4 Å². The maximum absolute atomic E-state index is 12.5. The van der Waals surface area contributed by atoms with Crippen molar-refractivity contribution < 1.29 is 4.79 Å². The molecule has 0 saturated heterocycles. The Balaban J connectivity index is 1.40. The largest absolute Gasteiger partial charge is 0.324 e. The Morgan fingerprint density at radius 2 is 1.38 bits per heavy atom. The summed E-state index contributed by atoms with van der Waals surface area (Å²) in [5, 5.41) is 8.21. The molecule has 4 aromatic carbocycles.